The molecule has 0 spiro atoms. The Morgan fingerprint density at radius 2 is 1.68 bits per heavy atom. The van der Waals surface area contributed by atoms with Crippen LogP contribution in [0, 0.1) is 33.7 Å². The summed E-state index contributed by atoms with van der Waals surface area (Å²) >= 11 is 0. The van der Waals surface area contributed by atoms with Crippen molar-refractivity contribution in [2.24, 2.45) is 22.2 Å². The highest BCUT2D eigenvalue weighted by Crippen LogP contribution is 2.41. The van der Waals surface area contributed by atoms with E-state index in [2.05, 4.69) is 116 Å². The first-order valence-corrected chi connectivity index (χ1v) is 12.5. The number of nitrogens with zero attached hydrogens (tertiary/aromatic N) is 1. The lowest BCUT2D eigenvalue weighted by molar-refractivity contribution is 0.132. The number of benzene rings is 1. The molecule has 0 saturated carbocycles. The third-order valence-electron chi connectivity index (χ3n) is 8.24. The van der Waals surface area contributed by atoms with Crippen LogP contribution in [-0.2, 0) is 17.6 Å². The number of allylic oxidation sites excluding steroid dienone is 8. The standard InChI is InChI=1S/C32H41NO/c1-23(2)32(8)18-17-27-15-13-25(14-16-28(27)29(21-32)34-22-33)19-24-9-11-26(12-10-24)20-31(6,7)30(3,4)5/h9-12,14-18,21,23H,13,19-20H2,1-8H3. The van der Waals surface area contributed by atoms with Crippen LogP contribution in [0.1, 0.15) is 72.9 Å². The Balaban J connectivity index is 1.81. The normalized spacial score (nSPS) is 20.8. The Hall–Kier alpha value is -2.79. The summed E-state index contributed by atoms with van der Waals surface area (Å²) in [4.78, 5) is 0. The van der Waals surface area contributed by atoms with Crippen LogP contribution >= 0.6 is 0 Å². The van der Waals surface area contributed by atoms with Crippen molar-refractivity contribution in [2.45, 2.75) is 74.7 Å². The van der Waals surface area contributed by atoms with E-state index >= 15 is 0 Å². The van der Waals surface area contributed by atoms with Crippen LogP contribution in [0.2, 0.25) is 0 Å². The second kappa shape index (κ2) is 9.83. The van der Waals surface area contributed by atoms with Crippen LogP contribution < -0.4 is 0 Å². The van der Waals surface area contributed by atoms with Gasteiger partial charge in [0.2, 0.25) is 0 Å². The van der Waals surface area contributed by atoms with Gasteiger partial charge in [0.05, 0.1) is 0 Å². The average Bonchev–Trinajstić information content (AvgIpc) is 3.02. The molecule has 3 rings (SSSR count). The van der Waals surface area contributed by atoms with E-state index in [0.717, 1.165) is 30.4 Å². The predicted molar refractivity (Wildman–Crippen MR) is 143 cm³/mol. The predicted octanol–water partition coefficient (Wildman–Crippen LogP) is 8.64. The summed E-state index contributed by atoms with van der Waals surface area (Å²) in [5.41, 5.74) is 6.52. The van der Waals surface area contributed by atoms with Gasteiger partial charge in [-0.3, -0.25) is 0 Å². The van der Waals surface area contributed by atoms with E-state index in [4.69, 9.17) is 4.74 Å². The Morgan fingerprint density at radius 3 is 2.26 bits per heavy atom. The summed E-state index contributed by atoms with van der Waals surface area (Å²) in [6, 6.07) is 9.13. The first kappa shape index (κ1) is 25.8. The third-order valence-corrected chi connectivity index (χ3v) is 8.24. The largest absolute Gasteiger partial charge is 0.388 e. The quantitative estimate of drug-likeness (QED) is 0.402. The molecule has 0 aliphatic heterocycles. The SMILES string of the molecule is CC(C)C1(C)C=CC2=CCC(Cc3ccc(CC(C)(C)C(C)(C)C)cc3)=CC=C2C(OC#N)=C1. The molecule has 180 valence electrons. The zero-order valence-corrected chi connectivity index (χ0v) is 22.3. The maximum atomic E-state index is 9.27. The van der Waals surface area contributed by atoms with Crippen molar-refractivity contribution >= 4 is 0 Å². The number of hydrogen-bond acceptors (Lipinski definition) is 2. The Bertz CT molecular complexity index is 1090. The van der Waals surface area contributed by atoms with E-state index in [1.807, 2.05) is 6.26 Å². The minimum absolute atomic E-state index is 0.157. The molecule has 1 unspecified atom stereocenters. The first-order valence-electron chi connectivity index (χ1n) is 12.5. The fraction of sp³-hybridized carbons (Fsp3) is 0.469. The fourth-order valence-electron chi connectivity index (χ4n) is 4.21. The van der Waals surface area contributed by atoms with E-state index in [1.54, 1.807) is 0 Å². The average molecular weight is 456 g/mol. The van der Waals surface area contributed by atoms with Crippen LogP contribution in [0.3, 0.4) is 0 Å². The lowest BCUT2D eigenvalue weighted by atomic mass is 9.66. The second-order valence-corrected chi connectivity index (χ2v) is 12.1. The van der Waals surface area contributed by atoms with Crippen molar-refractivity contribution in [3.63, 3.8) is 0 Å². The zero-order chi connectivity index (χ0) is 25.1. The summed E-state index contributed by atoms with van der Waals surface area (Å²) in [5.74, 6) is 1.05. The van der Waals surface area contributed by atoms with Crippen molar-refractivity contribution in [3.8, 4) is 6.26 Å². The van der Waals surface area contributed by atoms with Crippen molar-refractivity contribution in [1.82, 2.24) is 0 Å². The molecule has 0 N–H and O–H groups in total. The molecule has 34 heavy (non-hydrogen) atoms. The molecule has 1 aromatic carbocycles. The van der Waals surface area contributed by atoms with Gasteiger partial charge in [-0.1, -0.05) is 116 Å². The van der Waals surface area contributed by atoms with Gasteiger partial charge in [0.15, 0.2) is 0 Å². The molecular weight excluding hydrogens is 414 g/mol. The molecule has 1 atom stereocenters. The molecule has 2 aliphatic carbocycles. The smallest absolute Gasteiger partial charge is 0.292 e. The van der Waals surface area contributed by atoms with E-state index in [-0.39, 0.29) is 16.2 Å². The summed E-state index contributed by atoms with van der Waals surface area (Å²) in [6.07, 6.45) is 17.9. The molecule has 0 radical (unpaired) electrons. The van der Waals surface area contributed by atoms with Gasteiger partial charge >= 0.3 is 0 Å². The van der Waals surface area contributed by atoms with Crippen LogP contribution in [0.4, 0.5) is 0 Å². The van der Waals surface area contributed by atoms with E-state index in [1.165, 1.54) is 16.7 Å². The molecule has 2 nitrogen and oxygen atoms in total. The van der Waals surface area contributed by atoms with Gasteiger partial charge in [-0.15, -0.1) is 5.26 Å². The van der Waals surface area contributed by atoms with Gasteiger partial charge in [0.25, 0.3) is 6.26 Å². The molecule has 0 fully saturated rings. The molecule has 0 bridgehead atoms. The maximum absolute atomic E-state index is 9.27. The summed E-state index contributed by atoms with van der Waals surface area (Å²) in [6.45, 7) is 18.3. The minimum atomic E-state index is -0.157. The second-order valence-electron chi connectivity index (χ2n) is 12.1. The zero-order valence-electron chi connectivity index (χ0n) is 22.3. The molecule has 0 saturated heterocycles. The molecule has 0 heterocycles. The van der Waals surface area contributed by atoms with Crippen molar-refractivity contribution in [2.75, 3.05) is 0 Å². The topological polar surface area (TPSA) is 33.0 Å². The molecule has 0 aromatic heterocycles. The van der Waals surface area contributed by atoms with Crippen molar-refractivity contribution in [3.05, 3.63) is 94.3 Å². The Labute approximate surface area is 207 Å². The van der Waals surface area contributed by atoms with Crippen molar-refractivity contribution in [1.29, 1.82) is 5.26 Å². The summed E-state index contributed by atoms with van der Waals surface area (Å²) in [5, 5.41) is 9.27. The molecule has 2 heteroatoms. The van der Waals surface area contributed by atoms with E-state index < -0.39 is 0 Å². The van der Waals surface area contributed by atoms with Crippen molar-refractivity contribution < 1.29 is 4.74 Å². The highest BCUT2D eigenvalue weighted by atomic mass is 16.5. The first-order chi connectivity index (χ1) is 15.8. The van der Waals surface area contributed by atoms with Crippen LogP contribution in [0.15, 0.2) is 83.2 Å². The minimum Gasteiger partial charge on any atom is -0.388 e. The molecular formula is C32H41NO. The lowest BCUT2D eigenvalue weighted by Gasteiger charge is -2.39. The highest BCUT2D eigenvalue weighted by Gasteiger charge is 2.32. The molecule has 0 amide bonds. The van der Waals surface area contributed by atoms with Gasteiger partial charge in [0.1, 0.15) is 5.76 Å². The third kappa shape index (κ3) is 5.82. The van der Waals surface area contributed by atoms with E-state index in [0.29, 0.717) is 11.7 Å². The van der Waals surface area contributed by atoms with Crippen LogP contribution in [-0.4, -0.2) is 0 Å². The molecule has 1 aromatic rings. The van der Waals surface area contributed by atoms with Gasteiger partial charge in [0, 0.05) is 11.0 Å². The fourth-order valence-corrected chi connectivity index (χ4v) is 4.21. The lowest BCUT2D eigenvalue weighted by Crippen LogP contribution is -2.31. The Morgan fingerprint density at radius 1 is 1.03 bits per heavy atom. The van der Waals surface area contributed by atoms with Gasteiger partial charge < -0.3 is 4.74 Å². The van der Waals surface area contributed by atoms with Crippen LogP contribution in [0.25, 0.3) is 0 Å². The van der Waals surface area contributed by atoms with Gasteiger partial charge in [-0.2, -0.15) is 0 Å². The van der Waals surface area contributed by atoms with Crippen LogP contribution in [0.5, 0.6) is 0 Å². The summed E-state index contributed by atoms with van der Waals surface area (Å²) in [7, 11) is 0. The van der Waals surface area contributed by atoms with E-state index in [9.17, 15) is 5.26 Å². The number of hydrogen-bond donors (Lipinski definition) is 0. The van der Waals surface area contributed by atoms with Gasteiger partial charge in [-0.05, 0) is 58.8 Å². The number of rotatable bonds is 6. The number of ether oxygens (including phenoxy) is 1. The summed E-state index contributed by atoms with van der Waals surface area (Å²) < 4.78 is 5.45. The number of nitriles is 1. The van der Waals surface area contributed by atoms with Gasteiger partial charge in [-0.25, -0.2) is 0 Å². The Kier molecular flexibility index (Phi) is 7.47. The monoisotopic (exact) mass is 455 g/mol. The molecule has 2 aliphatic rings. The maximum Gasteiger partial charge on any atom is 0.292 e. The number of fused-ring (bicyclic) bond motifs is 1. The highest BCUT2D eigenvalue weighted by molar-refractivity contribution is 5.56.